The second kappa shape index (κ2) is 7.23. The Balaban J connectivity index is 1.85. The summed E-state index contributed by atoms with van der Waals surface area (Å²) in [5.41, 5.74) is 0.929. The molecule has 19 heavy (non-hydrogen) atoms. The number of nitrogens with one attached hydrogen (secondary N) is 2. The summed E-state index contributed by atoms with van der Waals surface area (Å²) in [6.45, 7) is 3.94. The van der Waals surface area contributed by atoms with Crippen LogP contribution in [-0.4, -0.2) is 55.2 Å². The zero-order valence-corrected chi connectivity index (χ0v) is 11.0. The summed E-state index contributed by atoms with van der Waals surface area (Å²) in [7, 11) is 0. The van der Waals surface area contributed by atoms with Crippen molar-refractivity contribution in [1.82, 2.24) is 15.5 Å². The van der Waals surface area contributed by atoms with Gasteiger partial charge in [-0.3, -0.25) is 9.69 Å². The number of carbonyl (C=O) groups is 1. The van der Waals surface area contributed by atoms with Gasteiger partial charge in [0.25, 0.3) is 0 Å². The molecule has 1 aromatic rings. The summed E-state index contributed by atoms with van der Waals surface area (Å²) in [4.78, 5) is 14.1. The van der Waals surface area contributed by atoms with Crippen molar-refractivity contribution in [3.63, 3.8) is 0 Å². The molecule has 0 aromatic heterocycles. The average Bonchev–Trinajstić information content (AvgIpc) is 2.47. The van der Waals surface area contributed by atoms with Gasteiger partial charge in [-0.2, -0.15) is 0 Å². The van der Waals surface area contributed by atoms with Gasteiger partial charge < -0.3 is 15.7 Å². The summed E-state index contributed by atoms with van der Waals surface area (Å²) in [5, 5.41) is 15.5. The minimum atomic E-state index is -0.323. The first-order valence-electron chi connectivity index (χ1n) is 6.68. The van der Waals surface area contributed by atoms with Crippen LogP contribution in [0.15, 0.2) is 30.3 Å². The number of hydrogen-bond donors (Lipinski definition) is 3. The number of rotatable bonds is 5. The van der Waals surface area contributed by atoms with Gasteiger partial charge in [0.1, 0.15) is 0 Å². The number of aliphatic hydroxyl groups is 1. The molecule has 0 radical (unpaired) electrons. The first-order chi connectivity index (χ1) is 9.29. The molecule has 0 bridgehead atoms. The molecule has 0 unspecified atom stereocenters. The molecule has 1 fully saturated rings. The second-order valence-corrected chi connectivity index (χ2v) is 4.74. The van der Waals surface area contributed by atoms with Gasteiger partial charge in [-0.25, -0.2) is 0 Å². The number of benzene rings is 1. The molecular formula is C14H21N3O2. The molecule has 0 aliphatic carbocycles. The van der Waals surface area contributed by atoms with Gasteiger partial charge in [0.05, 0.1) is 19.2 Å². The van der Waals surface area contributed by atoms with Crippen molar-refractivity contribution in [3.05, 3.63) is 35.9 Å². The third-order valence-corrected chi connectivity index (χ3v) is 3.30. The van der Waals surface area contributed by atoms with Crippen LogP contribution < -0.4 is 10.6 Å². The standard InChI is InChI=1S/C14H21N3O2/c18-11-13(12-4-2-1-3-5-12)16-14(19)10-17-8-6-15-7-9-17/h1-5,13,15,18H,6-11H2,(H,16,19)/t13-/m0/s1. The summed E-state index contributed by atoms with van der Waals surface area (Å²) in [6.07, 6.45) is 0. The van der Waals surface area contributed by atoms with Crippen molar-refractivity contribution in [2.45, 2.75) is 6.04 Å². The van der Waals surface area contributed by atoms with E-state index in [2.05, 4.69) is 15.5 Å². The van der Waals surface area contributed by atoms with E-state index in [1.54, 1.807) is 0 Å². The highest BCUT2D eigenvalue weighted by Gasteiger charge is 2.17. The fraction of sp³-hybridized carbons (Fsp3) is 0.500. The van der Waals surface area contributed by atoms with Gasteiger partial charge in [-0.1, -0.05) is 30.3 Å². The van der Waals surface area contributed by atoms with E-state index in [1.807, 2.05) is 30.3 Å². The summed E-state index contributed by atoms with van der Waals surface area (Å²) >= 11 is 0. The topological polar surface area (TPSA) is 64.6 Å². The minimum absolute atomic E-state index is 0.0372. The van der Waals surface area contributed by atoms with Crippen LogP contribution in [0.3, 0.4) is 0 Å². The molecule has 2 rings (SSSR count). The smallest absolute Gasteiger partial charge is 0.234 e. The van der Waals surface area contributed by atoms with E-state index in [0.29, 0.717) is 6.54 Å². The van der Waals surface area contributed by atoms with Gasteiger partial charge in [0.15, 0.2) is 0 Å². The van der Waals surface area contributed by atoms with E-state index in [4.69, 9.17) is 0 Å². The highest BCUT2D eigenvalue weighted by atomic mass is 16.3. The Bertz CT molecular complexity index is 391. The third-order valence-electron chi connectivity index (χ3n) is 3.30. The molecule has 1 heterocycles. The highest BCUT2D eigenvalue weighted by molar-refractivity contribution is 5.78. The van der Waals surface area contributed by atoms with Crippen molar-refractivity contribution >= 4 is 5.91 Å². The number of amides is 1. The Hall–Kier alpha value is -1.43. The summed E-state index contributed by atoms with van der Waals surface area (Å²) in [5.74, 6) is -0.0372. The average molecular weight is 263 g/mol. The van der Waals surface area contributed by atoms with Crippen molar-refractivity contribution < 1.29 is 9.90 Å². The quantitative estimate of drug-likeness (QED) is 0.685. The normalized spacial score (nSPS) is 17.9. The lowest BCUT2D eigenvalue weighted by Gasteiger charge is -2.27. The lowest BCUT2D eigenvalue weighted by atomic mass is 10.1. The predicted molar refractivity (Wildman–Crippen MR) is 73.7 cm³/mol. The predicted octanol–water partition coefficient (Wildman–Crippen LogP) is -0.259. The lowest BCUT2D eigenvalue weighted by Crippen LogP contribution is -2.48. The molecule has 104 valence electrons. The van der Waals surface area contributed by atoms with Gasteiger partial charge in [-0.15, -0.1) is 0 Å². The fourth-order valence-electron chi connectivity index (χ4n) is 2.23. The van der Waals surface area contributed by atoms with E-state index in [0.717, 1.165) is 31.7 Å². The summed E-state index contributed by atoms with van der Waals surface area (Å²) < 4.78 is 0. The minimum Gasteiger partial charge on any atom is -0.394 e. The zero-order valence-electron chi connectivity index (χ0n) is 11.0. The number of carbonyl (C=O) groups excluding carboxylic acids is 1. The van der Waals surface area contributed by atoms with Crippen molar-refractivity contribution in [3.8, 4) is 0 Å². The van der Waals surface area contributed by atoms with Gasteiger partial charge in [0.2, 0.25) is 5.91 Å². The van der Waals surface area contributed by atoms with Crippen LogP contribution in [-0.2, 0) is 4.79 Å². The van der Waals surface area contributed by atoms with Gasteiger partial charge in [0, 0.05) is 26.2 Å². The van der Waals surface area contributed by atoms with Crippen LogP contribution in [0.4, 0.5) is 0 Å². The van der Waals surface area contributed by atoms with E-state index in [1.165, 1.54) is 0 Å². The maximum Gasteiger partial charge on any atom is 0.234 e. The van der Waals surface area contributed by atoms with E-state index in [9.17, 15) is 9.90 Å². The molecule has 3 N–H and O–H groups in total. The van der Waals surface area contributed by atoms with Crippen LogP contribution in [0.2, 0.25) is 0 Å². The highest BCUT2D eigenvalue weighted by Crippen LogP contribution is 2.11. The molecule has 1 aliphatic heterocycles. The molecule has 1 amide bonds. The van der Waals surface area contributed by atoms with Crippen molar-refractivity contribution in [1.29, 1.82) is 0 Å². The Morgan fingerprint density at radius 2 is 2.00 bits per heavy atom. The maximum atomic E-state index is 12.0. The van der Waals surface area contributed by atoms with Crippen LogP contribution in [0, 0.1) is 0 Å². The largest absolute Gasteiger partial charge is 0.394 e. The number of piperazine rings is 1. The SMILES string of the molecule is O=C(CN1CCNCC1)N[C@@H](CO)c1ccccc1. The molecule has 0 spiro atoms. The van der Waals surface area contributed by atoms with E-state index < -0.39 is 0 Å². The molecule has 1 atom stereocenters. The molecule has 1 aromatic carbocycles. The number of hydrogen-bond acceptors (Lipinski definition) is 4. The monoisotopic (exact) mass is 263 g/mol. The fourth-order valence-corrected chi connectivity index (χ4v) is 2.23. The van der Waals surface area contributed by atoms with Crippen LogP contribution in [0.5, 0.6) is 0 Å². The third kappa shape index (κ3) is 4.31. The molecule has 5 heteroatoms. The van der Waals surface area contributed by atoms with Crippen molar-refractivity contribution in [2.24, 2.45) is 0 Å². The number of aliphatic hydroxyl groups excluding tert-OH is 1. The van der Waals surface area contributed by atoms with Gasteiger partial charge >= 0.3 is 0 Å². The molecular weight excluding hydrogens is 242 g/mol. The Morgan fingerprint density at radius 3 is 2.63 bits per heavy atom. The first kappa shape index (κ1) is 14.0. The molecule has 1 aliphatic rings. The second-order valence-electron chi connectivity index (χ2n) is 4.74. The molecule has 5 nitrogen and oxygen atoms in total. The molecule has 0 saturated carbocycles. The summed E-state index contributed by atoms with van der Waals surface area (Å²) in [6, 6.07) is 9.22. The Morgan fingerprint density at radius 1 is 1.32 bits per heavy atom. The lowest BCUT2D eigenvalue weighted by molar-refractivity contribution is -0.123. The van der Waals surface area contributed by atoms with Crippen LogP contribution >= 0.6 is 0 Å². The molecule has 1 saturated heterocycles. The zero-order chi connectivity index (χ0) is 13.5. The van der Waals surface area contributed by atoms with E-state index >= 15 is 0 Å². The van der Waals surface area contributed by atoms with Crippen LogP contribution in [0.1, 0.15) is 11.6 Å². The van der Waals surface area contributed by atoms with Crippen LogP contribution in [0.25, 0.3) is 0 Å². The van der Waals surface area contributed by atoms with Gasteiger partial charge in [-0.05, 0) is 5.56 Å². The van der Waals surface area contributed by atoms with E-state index in [-0.39, 0.29) is 18.6 Å². The first-order valence-corrected chi connectivity index (χ1v) is 6.68. The number of nitrogens with zero attached hydrogens (tertiary/aromatic N) is 1. The Kier molecular flexibility index (Phi) is 5.32. The maximum absolute atomic E-state index is 12.0. The Labute approximate surface area is 113 Å². The van der Waals surface area contributed by atoms with Crippen molar-refractivity contribution in [2.75, 3.05) is 39.3 Å².